The number of piperazine rings is 1. The fraction of sp³-hybridized carbons (Fsp3) is 0.458. The van der Waals surface area contributed by atoms with Crippen molar-refractivity contribution in [1.82, 2.24) is 14.4 Å². The summed E-state index contributed by atoms with van der Waals surface area (Å²) in [6, 6.07) is 8.00. The normalized spacial score (nSPS) is 19.2. The van der Waals surface area contributed by atoms with Crippen molar-refractivity contribution >= 4 is 56.9 Å². The Labute approximate surface area is 198 Å². The molecule has 1 aromatic heterocycles. The third-order valence-corrected chi connectivity index (χ3v) is 7.59. The van der Waals surface area contributed by atoms with Crippen molar-refractivity contribution < 1.29 is 4.79 Å². The van der Waals surface area contributed by atoms with Gasteiger partial charge in [0.05, 0.1) is 21.7 Å². The molecule has 6 nitrogen and oxygen atoms in total. The van der Waals surface area contributed by atoms with E-state index in [1.165, 1.54) is 11.8 Å². The molecule has 1 amide bonds. The highest BCUT2D eigenvalue weighted by molar-refractivity contribution is 8.26. The number of carbonyl (C=O) groups excluding carboxylic acids is 1. The zero-order valence-corrected chi connectivity index (χ0v) is 20.8. The number of rotatable bonds is 5. The number of anilines is 1. The minimum Gasteiger partial charge on any atom is -0.368 e. The molecule has 0 N–H and O–H groups in total. The number of benzene rings is 1. The van der Waals surface area contributed by atoms with E-state index in [4.69, 9.17) is 12.2 Å². The van der Waals surface area contributed by atoms with Crippen LogP contribution in [0.4, 0.5) is 5.69 Å². The lowest BCUT2D eigenvalue weighted by Gasteiger charge is -2.35. The van der Waals surface area contributed by atoms with E-state index in [1.54, 1.807) is 22.6 Å². The second-order valence-electron chi connectivity index (χ2n) is 8.95. The average Bonchev–Trinajstić information content (AvgIpc) is 3.04. The number of thioether (sulfide) groups is 1. The molecule has 1 aromatic carbocycles. The van der Waals surface area contributed by atoms with E-state index in [9.17, 15) is 9.59 Å². The Bertz CT molecular complexity index is 1150. The van der Waals surface area contributed by atoms with E-state index in [0.717, 1.165) is 49.2 Å². The Morgan fingerprint density at radius 1 is 1.09 bits per heavy atom. The highest BCUT2D eigenvalue weighted by atomic mass is 32.2. The zero-order chi connectivity index (χ0) is 23.0. The Balaban J connectivity index is 1.83. The molecule has 2 aromatic rings. The first kappa shape index (κ1) is 23.0. The van der Waals surface area contributed by atoms with Gasteiger partial charge in [0.15, 0.2) is 0 Å². The lowest BCUT2D eigenvalue weighted by molar-refractivity contribution is -0.122. The largest absolute Gasteiger partial charge is 0.368 e. The zero-order valence-electron chi connectivity index (χ0n) is 19.1. The summed E-state index contributed by atoms with van der Waals surface area (Å²) in [5.74, 6) is 0.389. The monoisotopic (exact) mass is 470 g/mol. The quantitative estimate of drug-likeness (QED) is 0.492. The summed E-state index contributed by atoms with van der Waals surface area (Å²) in [4.78, 5) is 33.4. The Morgan fingerprint density at radius 2 is 1.78 bits per heavy atom. The van der Waals surface area contributed by atoms with Gasteiger partial charge in [-0.25, -0.2) is 0 Å². The fourth-order valence-corrected chi connectivity index (χ4v) is 5.51. The van der Waals surface area contributed by atoms with Gasteiger partial charge in [-0.3, -0.25) is 14.5 Å². The summed E-state index contributed by atoms with van der Waals surface area (Å²) in [6.45, 7) is 8.41. The standard InChI is InChI=1S/C24H30N4O2S2/c1-16(2)9-10-28-23(30)20(32-24(28)31)15-18-21(27-13-11-25(3)12-14-27)17-7-5-6-8-19(17)26(4)22(18)29/h5-8,15-16H,9-14H2,1-4H3. The molecule has 170 valence electrons. The van der Waals surface area contributed by atoms with Crippen molar-refractivity contribution in [3.05, 3.63) is 45.1 Å². The molecular formula is C24H30N4O2S2. The molecule has 0 bridgehead atoms. The topological polar surface area (TPSA) is 48.8 Å². The first-order valence-corrected chi connectivity index (χ1v) is 12.3. The summed E-state index contributed by atoms with van der Waals surface area (Å²) in [5, 5.41) is 1.03. The summed E-state index contributed by atoms with van der Waals surface area (Å²) in [7, 11) is 3.91. The van der Waals surface area contributed by atoms with E-state index >= 15 is 0 Å². The van der Waals surface area contributed by atoms with Crippen LogP contribution < -0.4 is 10.5 Å². The van der Waals surface area contributed by atoms with Gasteiger partial charge in [-0.2, -0.15) is 0 Å². The minimum atomic E-state index is -0.0970. The lowest BCUT2D eigenvalue weighted by atomic mass is 10.1. The molecule has 3 heterocycles. The van der Waals surface area contributed by atoms with Crippen LogP contribution in [0.15, 0.2) is 34.0 Å². The number of pyridine rings is 1. The Morgan fingerprint density at radius 3 is 2.47 bits per heavy atom. The number of para-hydroxylation sites is 1. The first-order valence-electron chi connectivity index (χ1n) is 11.1. The van der Waals surface area contributed by atoms with Crippen LogP contribution in [0.3, 0.4) is 0 Å². The van der Waals surface area contributed by atoms with Crippen molar-refractivity contribution in [2.24, 2.45) is 13.0 Å². The van der Waals surface area contributed by atoms with Crippen LogP contribution in [0.1, 0.15) is 25.8 Å². The van der Waals surface area contributed by atoms with E-state index in [1.807, 2.05) is 18.2 Å². The van der Waals surface area contributed by atoms with Crippen LogP contribution in [0, 0.1) is 5.92 Å². The second-order valence-corrected chi connectivity index (χ2v) is 10.6. The van der Waals surface area contributed by atoms with Crippen LogP contribution in [0.5, 0.6) is 0 Å². The molecule has 4 rings (SSSR count). The average molecular weight is 471 g/mol. The van der Waals surface area contributed by atoms with Crippen molar-refractivity contribution in [3.8, 4) is 0 Å². The van der Waals surface area contributed by atoms with Gasteiger partial charge in [0.25, 0.3) is 11.5 Å². The fourth-order valence-electron chi connectivity index (χ4n) is 4.21. The molecular weight excluding hydrogens is 440 g/mol. The molecule has 0 atom stereocenters. The van der Waals surface area contributed by atoms with Crippen molar-refractivity contribution in [3.63, 3.8) is 0 Å². The van der Waals surface area contributed by atoms with Crippen LogP contribution >= 0.6 is 24.0 Å². The van der Waals surface area contributed by atoms with E-state index in [-0.39, 0.29) is 11.5 Å². The molecule has 0 unspecified atom stereocenters. The van der Waals surface area contributed by atoms with Crippen molar-refractivity contribution in [2.45, 2.75) is 20.3 Å². The van der Waals surface area contributed by atoms with Crippen LogP contribution in [-0.2, 0) is 11.8 Å². The number of hydrogen-bond donors (Lipinski definition) is 0. The number of carbonyl (C=O) groups is 1. The predicted molar refractivity (Wildman–Crippen MR) is 138 cm³/mol. The number of likely N-dealkylation sites (N-methyl/N-ethyl adjacent to an activating group) is 1. The molecule has 2 aliphatic rings. The third-order valence-electron chi connectivity index (χ3n) is 6.21. The van der Waals surface area contributed by atoms with Gasteiger partial charge in [0.2, 0.25) is 0 Å². The number of aryl methyl sites for hydroxylation is 1. The van der Waals surface area contributed by atoms with Crippen molar-refractivity contribution in [1.29, 1.82) is 0 Å². The summed E-state index contributed by atoms with van der Waals surface area (Å²) >= 11 is 6.80. The number of fused-ring (bicyclic) bond motifs is 1. The predicted octanol–water partition coefficient (Wildman–Crippen LogP) is 3.54. The maximum absolute atomic E-state index is 13.5. The van der Waals surface area contributed by atoms with E-state index in [0.29, 0.717) is 27.3 Å². The molecule has 0 saturated carbocycles. The Hall–Kier alpha value is -2.16. The van der Waals surface area contributed by atoms with Gasteiger partial charge in [-0.1, -0.05) is 56.0 Å². The summed E-state index contributed by atoms with van der Waals surface area (Å²) in [6.07, 6.45) is 2.67. The SMILES string of the molecule is CC(C)CCN1C(=O)C(=Cc2c(N3CCN(C)CC3)c3ccccc3n(C)c2=O)SC1=S. The first-order chi connectivity index (χ1) is 15.3. The van der Waals surface area contributed by atoms with Gasteiger partial charge >= 0.3 is 0 Å². The number of amides is 1. The number of aromatic nitrogens is 1. The molecule has 0 aliphatic carbocycles. The lowest BCUT2D eigenvalue weighted by Crippen LogP contribution is -2.45. The molecule has 2 fully saturated rings. The molecule has 8 heteroatoms. The molecule has 0 radical (unpaired) electrons. The van der Waals surface area contributed by atoms with Gasteiger partial charge in [-0.15, -0.1) is 0 Å². The second kappa shape index (κ2) is 9.37. The molecule has 32 heavy (non-hydrogen) atoms. The van der Waals surface area contributed by atoms with Crippen LogP contribution in [-0.4, -0.2) is 64.4 Å². The molecule has 0 spiro atoms. The van der Waals surface area contributed by atoms with E-state index < -0.39 is 0 Å². The van der Waals surface area contributed by atoms with Crippen LogP contribution in [0.25, 0.3) is 17.0 Å². The van der Waals surface area contributed by atoms with Gasteiger partial charge in [-0.05, 0) is 31.5 Å². The number of nitrogens with zero attached hydrogens (tertiary/aromatic N) is 4. The highest BCUT2D eigenvalue weighted by Crippen LogP contribution is 2.36. The van der Waals surface area contributed by atoms with Crippen molar-refractivity contribution in [2.75, 3.05) is 44.7 Å². The molecule has 2 saturated heterocycles. The smallest absolute Gasteiger partial charge is 0.266 e. The number of hydrogen-bond acceptors (Lipinski definition) is 6. The van der Waals surface area contributed by atoms with Gasteiger partial charge in [0.1, 0.15) is 4.32 Å². The van der Waals surface area contributed by atoms with E-state index in [2.05, 4.69) is 36.8 Å². The third kappa shape index (κ3) is 4.36. The van der Waals surface area contributed by atoms with Gasteiger partial charge < -0.3 is 14.4 Å². The maximum Gasteiger partial charge on any atom is 0.266 e. The van der Waals surface area contributed by atoms with Gasteiger partial charge in [0, 0.05) is 45.2 Å². The number of thiocarbonyl (C=S) groups is 1. The summed E-state index contributed by atoms with van der Waals surface area (Å²) < 4.78 is 2.25. The minimum absolute atomic E-state index is 0.0925. The molecule has 2 aliphatic heterocycles. The maximum atomic E-state index is 13.5. The Kier molecular flexibility index (Phi) is 6.74. The van der Waals surface area contributed by atoms with Crippen LogP contribution in [0.2, 0.25) is 0 Å². The summed E-state index contributed by atoms with van der Waals surface area (Å²) in [5.41, 5.74) is 2.29. The highest BCUT2D eigenvalue weighted by Gasteiger charge is 2.33.